The predicted octanol–water partition coefficient (Wildman–Crippen LogP) is 3.74. The van der Waals surface area contributed by atoms with E-state index in [1.54, 1.807) is 37.4 Å². The Kier molecular flexibility index (Phi) is 11.4. The summed E-state index contributed by atoms with van der Waals surface area (Å²) in [4.78, 5) is 83.8. The zero-order valence-corrected chi connectivity index (χ0v) is 35.0. The molecule has 1 spiro atoms. The van der Waals surface area contributed by atoms with Gasteiger partial charge >= 0.3 is 0 Å². The molecule has 5 amide bonds. The van der Waals surface area contributed by atoms with Gasteiger partial charge in [0, 0.05) is 95.1 Å². The second-order valence-corrected chi connectivity index (χ2v) is 17.2. The molecule has 8 rings (SSSR count). The average Bonchev–Trinajstić information content (AvgIpc) is 4.05. The summed E-state index contributed by atoms with van der Waals surface area (Å²) in [5.74, 6) is 0.333. The summed E-state index contributed by atoms with van der Waals surface area (Å²) >= 11 is 0. The van der Waals surface area contributed by atoms with E-state index in [-0.39, 0.29) is 46.9 Å². The number of carbonyl (C=O) groups excluding carboxylic acids is 5. The number of anilines is 5. The fourth-order valence-corrected chi connectivity index (χ4v) is 9.43. The molecule has 0 radical (unpaired) electrons. The maximum atomic E-state index is 13.5. The molecule has 60 heavy (non-hydrogen) atoms. The molecule has 16 heteroatoms. The molecule has 0 bridgehead atoms. The van der Waals surface area contributed by atoms with E-state index in [9.17, 15) is 24.0 Å². The van der Waals surface area contributed by atoms with Crippen molar-refractivity contribution in [3.8, 4) is 5.75 Å². The smallest absolute Gasteiger partial charge is 0.249 e. The first-order valence-electron chi connectivity index (χ1n) is 21.2. The summed E-state index contributed by atoms with van der Waals surface area (Å²) < 4.78 is 6.00. The Labute approximate surface area is 350 Å². The van der Waals surface area contributed by atoms with Crippen LogP contribution in [-0.4, -0.2) is 122 Å². The zero-order valence-electron chi connectivity index (χ0n) is 35.0. The molecule has 1 saturated carbocycles. The Morgan fingerprint density at radius 1 is 1.02 bits per heavy atom. The number of methoxy groups -OCH3 is 1. The molecular formula is C44H56N10O6. The highest BCUT2D eigenvalue weighted by atomic mass is 16.5. The number of piperazine rings is 1. The number of rotatable bonds is 11. The first-order valence-corrected chi connectivity index (χ1v) is 21.2. The zero-order chi connectivity index (χ0) is 42.3. The molecule has 2 aromatic carbocycles. The van der Waals surface area contributed by atoms with Gasteiger partial charge in [-0.2, -0.15) is 4.98 Å². The highest BCUT2D eigenvalue weighted by Crippen LogP contribution is 2.52. The molecule has 318 valence electrons. The standard InChI is InChI=1S/C44H56N10O6/c1-27(2)54-26-44(15-16-44)42(59)50(3)34-25-46-43(49-40(34)54)47-33-10-8-32(39(45)57)37(38(33)60-4)28-12-18-53(19-13-28)36(56)14-17-51-20-22-52(23-21-51)30-7-5-6-29(24-30)31-9-11-35(55)48-41(31)58/h5-8,10,24-25,27-28,31H,9,11-23,26H2,1-4H3,(H2,45,57)(H,46,47,49)(H,48,55,58). The molecule has 1 aromatic heterocycles. The summed E-state index contributed by atoms with van der Waals surface area (Å²) in [6.45, 7) is 9.82. The van der Waals surface area contributed by atoms with Crippen LogP contribution in [0.4, 0.5) is 28.8 Å². The number of likely N-dealkylation sites (tertiary alicyclic amines) is 1. The Bertz CT molecular complexity index is 2180. The Morgan fingerprint density at radius 2 is 1.77 bits per heavy atom. The van der Waals surface area contributed by atoms with E-state index in [0.717, 1.165) is 50.3 Å². The maximum absolute atomic E-state index is 13.5. The number of piperidine rings is 2. The lowest BCUT2D eigenvalue weighted by Gasteiger charge is -2.37. The number of imide groups is 1. The van der Waals surface area contributed by atoms with Gasteiger partial charge in [0.25, 0.3) is 0 Å². The van der Waals surface area contributed by atoms with E-state index in [1.807, 2.05) is 17.0 Å². The van der Waals surface area contributed by atoms with Gasteiger partial charge in [0.1, 0.15) is 11.4 Å². The third-order valence-electron chi connectivity index (χ3n) is 13.2. The predicted molar refractivity (Wildman–Crippen MR) is 228 cm³/mol. The van der Waals surface area contributed by atoms with Crippen molar-refractivity contribution in [1.82, 2.24) is 25.1 Å². The molecule has 1 unspecified atom stereocenters. The van der Waals surface area contributed by atoms with Crippen LogP contribution in [-0.2, 0) is 19.2 Å². The fraction of sp³-hybridized carbons (Fsp3) is 0.523. The number of amides is 5. The number of hydrogen-bond acceptors (Lipinski definition) is 12. The summed E-state index contributed by atoms with van der Waals surface area (Å²) in [5, 5.41) is 5.80. The van der Waals surface area contributed by atoms with Gasteiger partial charge in [-0.1, -0.05) is 12.1 Å². The highest BCUT2D eigenvalue weighted by Gasteiger charge is 2.55. The molecule has 5 aliphatic rings. The molecule has 4 aliphatic heterocycles. The van der Waals surface area contributed by atoms with Crippen LogP contribution in [0.15, 0.2) is 42.6 Å². The minimum absolute atomic E-state index is 0.0754. The van der Waals surface area contributed by atoms with Crippen LogP contribution < -0.4 is 35.8 Å². The first-order chi connectivity index (χ1) is 28.9. The molecule has 3 saturated heterocycles. The number of benzene rings is 2. The number of primary amides is 1. The van der Waals surface area contributed by atoms with Crippen LogP contribution in [0.25, 0.3) is 0 Å². The molecular weight excluding hydrogens is 765 g/mol. The number of nitrogens with one attached hydrogen (secondary N) is 2. The normalized spacial score (nSPS) is 20.9. The van der Waals surface area contributed by atoms with E-state index in [4.69, 9.17) is 15.5 Å². The minimum Gasteiger partial charge on any atom is -0.494 e. The molecule has 16 nitrogen and oxygen atoms in total. The lowest BCUT2D eigenvalue weighted by molar-refractivity contribution is -0.134. The largest absolute Gasteiger partial charge is 0.494 e. The van der Waals surface area contributed by atoms with Crippen molar-refractivity contribution in [2.75, 3.05) is 86.5 Å². The Hall–Kier alpha value is -5.77. The van der Waals surface area contributed by atoms with Crippen LogP contribution in [0.3, 0.4) is 0 Å². The van der Waals surface area contributed by atoms with Crippen LogP contribution in [0.1, 0.15) is 92.1 Å². The van der Waals surface area contributed by atoms with Gasteiger partial charge in [-0.05, 0) is 81.7 Å². The van der Waals surface area contributed by atoms with E-state index >= 15 is 0 Å². The molecule has 1 atom stereocenters. The van der Waals surface area contributed by atoms with Crippen LogP contribution in [0.5, 0.6) is 5.75 Å². The van der Waals surface area contributed by atoms with Crippen LogP contribution in [0, 0.1) is 5.41 Å². The van der Waals surface area contributed by atoms with Crippen molar-refractivity contribution in [2.45, 2.75) is 76.7 Å². The number of nitrogens with two attached hydrogens (primary N) is 1. The molecule has 3 aromatic rings. The van der Waals surface area contributed by atoms with E-state index in [1.165, 1.54) is 0 Å². The second kappa shape index (κ2) is 16.7. The summed E-state index contributed by atoms with van der Waals surface area (Å²) in [5.41, 5.74) is 9.88. The second-order valence-electron chi connectivity index (χ2n) is 17.2. The lowest BCUT2D eigenvalue weighted by Crippen LogP contribution is -2.47. The van der Waals surface area contributed by atoms with Gasteiger partial charge in [0.05, 0.1) is 30.3 Å². The van der Waals surface area contributed by atoms with Crippen LogP contribution in [0.2, 0.25) is 0 Å². The van der Waals surface area contributed by atoms with Crippen molar-refractivity contribution in [1.29, 1.82) is 0 Å². The number of hydrogen-bond donors (Lipinski definition) is 3. The highest BCUT2D eigenvalue weighted by molar-refractivity contribution is 6.03. The van der Waals surface area contributed by atoms with Crippen LogP contribution >= 0.6 is 0 Å². The third kappa shape index (κ3) is 8.08. The van der Waals surface area contributed by atoms with Gasteiger partial charge in [-0.25, -0.2) is 4.98 Å². The lowest BCUT2D eigenvalue weighted by atomic mass is 9.85. The monoisotopic (exact) mass is 820 g/mol. The van der Waals surface area contributed by atoms with Crippen molar-refractivity contribution in [3.05, 3.63) is 59.3 Å². The topological polar surface area (TPSA) is 187 Å². The number of carbonyl (C=O) groups is 5. The van der Waals surface area contributed by atoms with Gasteiger partial charge in [0.15, 0.2) is 5.82 Å². The first kappa shape index (κ1) is 41.0. The van der Waals surface area contributed by atoms with Gasteiger partial charge < -0.3 is 35.4 Å². The maximum Gasteiger partial charge on any atom is 0.249 e. The average molecular weight is 821 g/mol. The summed E-state index contributed by atoms with van der Waals surface area (Å²) in [6.07, 6.45) is 5.98. The number of nitrogens with zero attached hydrogens (tertiary/aromatic N) is 7. The molecule has 1 aliphatic carbocycles. The van der Waals surface area contributed by atoms with Gasteiger partial charge in [-0.15, -0.1) is 0 Å². The van der Waals surface area contributed by atoms with Gasteiger partial charge in [-0.3, -0.25) is 34.2 Å². The van der Waals surface area contributed by atoms with Crippen molar-refractivity contribution >= 4 is 58.4 Å². The SMILES string of the molecule is COc1c(Nc2ncc3c(n2)N(C(C)C)CC2(CC2)C(=O)N3C)ccc(C(N)=O)c1C1CCN(C(=O)CCN2CCN(c3cccc(C4CCC(=O)NC4=O)c3)CC2)CC1. The molecule has 5 heterocycles. The molecule has 4 N–H and O–H groups in total. The number of fused-ring (bicyclic) bond motifs is 1. The summed E-state index contributed by atoms with van der Waals surface area (Å²) in [7, 11) is 3.36. The van der Waals surface area contributed by atoms with E-state index < -0.39 is 5.91 Å². The van der Waals surface area contributed by atoms with E-state index in [0.29, 0.717) is 98.3 Å². The molecule has 4 fully saturated rings. The number of ether oxygens (including phenoxy) is 1. The summed E-state index contributed by atoms with van der Waals surface area (Å²) in [6, 6.07) is 11.6. The third-order valence-corrected chi connectivity index (χ3v) is 13.2. The minimum atomic E-state index is -0.550. The van der Waals surface area contributed by atoms with Crippen molar-refractivity contribution in [3.63, 3.8) is 0 Å². The Balaban J connectivity index is 0.883. The van der Waals surface area contributed by atoms with Gasteiger partial charge in [0.2, 0.25) is 35.5 Å². The fourth-order valence-electron chi connectivity index (χ4n) is 9.43. The van der Waals surface area contributed by atoms with Crippen molar-refractivity contribution < 1.29 is 28.7 Å². The van der Waals surface area contributed by atoms with Crippen molar-refractivity contribution in [2.24, 2.45) is 11.1 Å². The quantitative estimate of drug-likeness (QED) is 0.239. The Morgan fingerprint density at radius 3 is 2.43 bits per heavy atom. The van der Waals surface area contributed by atoms with E-state index in [2.05, 4.69) is 56.3 Å². The number of aromatic nitrogens is 2.